The third-order valence-corrected chi connectivity index (χ3v) is 4.00. The lowest BCUT2D eigenvalue weighted by molar-refractivity contribution is -0.142. The lowest BCUT2D eigenvalue weighted by atomic mass is 10.2. The molecule has 0 saturated carbocycles. The number of esters is 1. The molecule has 0 bridgehead atoms. The molecule has 0 radical (unpaired) electrons. The molecular formula is C18H16ClNO3S. The zero-order valence-electron chi connectivity index (χ0n) is 13.0. The number of halogens is 1. The highest BCUT2D eigenvalue weighted by Crippen LogP contribution is 2.15. The van der Waals surface area contributed by atoms with Gasteiger partial charge in [0.15, 0.2) is 6.61 Å². The van der Waals surface area contributed by atoms with Crippen molar-refractivity contribution in [3.05, 3.63) is 65.2 Å². The third kappa shape index (κ3) is 6.10. The molecular weight excluding hydrogens is 346 g/mol. The van der Waals surface area contributed by atoms with Crippen LogP contribution in [0.3, 0.4) is 0 Å². The summed E-state index contributed by atoms with van der Waals surface area (Å²) in [5, 5.41) is 3.19. The predicted molar refractivity (Wildman–Crippen MR) is 98.3 cm³/mol. The van der Waals surface area contributed by atoms with Crippen LogP contribution in [0.25, 0.3) is 6.08 Å². The summed E-state index contributed by atoms with van der Waals surface area (Å²) in [7, 11) is 0. The number of ether oxygens (including phenoxy) is 1. The van der Waals surface area contributed by atoms with Crippen LogP contribution in [0, 0.1) is 0 Å². The molecule has 0 atom stereocenters. The van der Waals surface area contributed by atoms with E-state index in [4.69, 9.17) is 16.3 Å². The highest BCUT2D eigenvalue weighted by atomic mass is 35.5. The summed E-state index contributed by atoms with van der Waals surface area (Å²) in [6.07, 6.45) is 4.94. The number of benzene rings is 2. The van der Waals surface area contributed by atoms with Crippen molar-refractivity contribution in [1.29, 1.82) is 0 Å². The minimum Gasteiger partial charge on any atom is -0.452 e. The summed E-state index contributed by atoms with van der Waals surface area (Å²) >= 11 is 7.41. The van der Waals surface area contributed by atoms with Gasteiger partial charge in [0.1, 0.15) is 0 Å². The Kier molecular flexibility index (Phi) is 6.90. The van der Waals surface area contributed by atoms with Crippen molar-refractivity contribution >= 4 is 47.0 Å². The van der Waals surface area contributed by atoms with E-state index in [1.807, 2.05) is 30.5 Å². The van der Waals surface area contributed by atoms with Gasteiger partial charge < -0.3 is 10.1 Å². The average Bonchev–Trinajstić information content (AvgIpc) is 2.60. The first kappa shape index (κ1) is 18.1. The summed E-state index contributed by atoms with van der Waals surface area (Å²) in [4.78, 5) is 24.5. The van der Waals surface area contributed by atoms with Gasteiger partial charge in [0.2, 0.25) is 0 Å². The number of anilines is 1. The zero-order valence-corrected chi connectivity index (χ0v) is 14.6. The first-order chi connectivity index (χ1) is 11.6. The summed E-state index contributed by atoms with van der Waals surface area (Å²) < 4.78 is 4.90. The molecule has 1 N–H and O–H groups in total. The van der Waals surface area contributed by atoms with E-state index in [-0.39, 0.29) is 6.61 Å². The van der Waals surface area contributed by atoms with Crippen molar-refractivity contribution in [3.8, 4) is 0 Å². The van der Waals surface area contributed by atoms with Crippen LogP contribution in [-0.4, -0.2) is 24.7 Å². The van der Waals surface area contributed by atoms with Crippen molar-refractivity contribution in [2.75, 3.05) is 18.2 Å². The number of nitrogens with one attached hydrogen (secondary N) is 1. The number of rotatable bonds is 6. The van der Waals surface area contributed by atoms with Crippen LogP contribution in [0.15, 0.2) is 59.5 Å². The molecule has 0 spiro atoms. The first-order valence-corrected chi connectivity index (χ1v) is 8.71. The number of amides is 1. The van der Waals surface area contributed by atoms with E-state index in [1.54, 1.807) is 42.1 Å². The molecule has 6 heteroatoms. The largest absolute Gasteiger partial charge is 0.452 e. The molecule has 0 unspecified atom stereocenters. The van der Waals surface area contributed by atoms with E-state index >= 15 is 0 Å². The smallest absolute Gasteiger partial charge is 0.331 e. The van der Waals surface area contributed by atoms with Crippen LogP contribution in [-0.2, 0) is 14.3 Å². The molecule has 0 aliphatic heterocycles. The Morgan fingerprint density at radius 3 is 2.42 bits per heavy atom. The van der Waals surface area contributed by atoms with Gasteiger partial charge in [-0.1, -0.05) is 23.7 Å². The Bertz CT molecular complexity index is 727. The molecule has 0 saturated heterocycles. The van der Waals surface area contributed by atoms with Gasteiger partial charge in [-0.3, -0.25) is 4.79 Å². The Morgan fingerprint density at radius 2 is 1.79 bits per heavy atom. The van der Waals surface area contributed by atoms with Crippen molar-refractivity contribution in [2.45, 2.75) is 4.90 Å². The highest BCUT2D eigenvalue weighted by molar-refractivity contribution is 7.98. The van der Waals surface area contributed by atoms with E-state index in [0.29, 0.717) is 10.7 Å². The summed E-state index contributed by atoms with van der Waals surface area (Å²) in [5.41, 5.74) is 1.47. The number of hydrogen-bond donors (Lipinski definition) is 1. The molecule has 1 amide bonds. The summed E-state index contributed by atoms with van der Waals surface area (Å²) in [6.45, 7) is -0.350. The van der Waals surface area contributed by atoms with E-state index in [1.165, 1.54) is 6.08 Å². The van der Waals surface area contributed by atoms with Crippen LogP contribution < -0.4 is 5.32 Å². The summed E-state index contributed by atoms with van der Waals surface area (Å²) in [6, 6.07) is 14.4. The second-order valence-electron chi connectivity index (χ2n) is 4.77. The SMILES string of the molecule is CSc1ccc(/C=C/C(=O)OCC(=O)Nc2ccc(Cl)cc2)cc1. The minimum absolute atomic E-state index is 0.350. The van der Waals surface area contributed by atoms with E-state index < -0.39 is 11.9 Å². The lowest BCUT2D eigenvalue weighted by Gasteiger charge is -2.05. The van der Waals surface area contributed by atoms with Crippen molar-refractivity contribution in [2.24, 2.45) is 0 Å². The maximum absolute atomic E-state index is 11.7. The molecule has 0 aliphatic rings. The minimum atomic E-state index is -0.574. The molecule has 2 aromatic carbocycles. The number of carbonyl (C=O) groups excluding carboxylic acids is 2. The Morgan fingerprint density at radius 1 is 1.12 bits per heavy atom. The average molecular weight is 362 g/mol. The van der Waals surface area contributed by atoms with Crippen molar-refractivity contribution in [1.82, 2.24) is 0 Å². The maximum atomic E-state index is 11.7. The molecule has 24 heavy (non-hydrogen) atoms. The molecule has 0 aromatic heterocycles. The maximum Gasteiger partial charge on any atom is 0.331 e. The Balaban J connectivity index is 1.78. The van der Waals surface area contributed by atoms with Crippen molar-refractivity contribution < 1.29 is 14.3 Å². The van der Waals surface area contributed by atoms with Gasteiger partial charge in [-0.2, -0.15) is 0 Å². The second-order valence-corrected chi connectivity index (χ2v) is 6.09. The van der Waals surface area contributed by atoms with Gasteiger partial charge in [-0.25, -0.2) is 4.79 Å². The first-order valence-electron chi connectivity index (χ1n) is 7.11. The van der Waals surface area contributed by atoms with E-state index in [2.05, 4.69) is 5.32 Å². The molecule has 0 aliphatic carbocycles. The van der Waals surface area contributed by atoms with E-state index in [9.17, 15) is 9.59 Å². The number of thioether (sulfide) groups is 1. The van der Waals surface area contributed by atoms with Gasteiger partial charge in [-0.15, -0.1) is 11.8 Å². The standard InChI is InChI=1S/C18H16ClNO3S/c1-24-16-9-2-13(3-10-16)4-11-18(22)23-12-17(21)20-15-7-5-14(19)6-8-15/h2-11H,12H2,1H3,(H,20,21)/b11-4+. The van der Waals surface area contributed by atoms with Crippen molar-refractivity contribution in [3.63, 3.8) is 0 Å². The topological polar surface area (TPSA) is 55.4 Å². The quantitative estimate of drug-likeness (QED) is 0.474. The Labute approximate surface area is 149 Å². The van der Waals surface area contributed by atoms with Gasteiger partial charge in [0.05, 0.1) is 0 Å². The van der Waals surface area contributed by atoms with Gasteiger partial charge in [-0.05, 0) is 54.3 Å². The van der Waals surface area contributed by atoms with Gasteiger partial charge in [0, 0.05) is 21.7 Å². The van der Waals surface area contributed by atoms with Crippen LogP contribution in [0.1, 0.15) is 5.56 Å². The predicted octanol–water partition coefficient (Wildman–Crippen LogP) is 4.26. The highest BCUT2D eigenvalue weighted by Gasteiger charge is 2.05. The second kappa shape index (κ2) is 9.15. The fourth-order valence-corrected chi connectivity index (χ4v) is 2.33. The monoisotopic (exact) mass is 361 g/mol. The molecule has 0 heterocycles. The molecule has 4 nitrogen and oxygen atoms in total. The molecule has 2 aromatic rings. The van der Waals surface area contributed by atoms with Crippen LogP contribution in [0.2, 0.25) is 5.02 Å². The molecule has 0 fully saturated rings. The van der Waals surface area contributed by atoms with E-state index in [0.717, 1.165) is 10.5 Å². The molecule has 124 valence electrons. The molecule has 2 rings (SSSR count). The zero-order chi connectivity index (χ0) is 17.4. The lowest BCUT2D eigenvalue weighted by Crippen LogP contribution is -2.20. The van der Waals surface area contributed by atoms with Crippen LogP contribution >= 0.6 is 23.4 Å². The van der Waals surface area contributed by atoms with Gasteiger partial charge >= 0.3 is 5.97 Å². The number of carbonyl (C=O) groups is 2. The summed E-state index contributed by atoms with van der Waals surface area (Å²) in [5.74, 6) is -0.987. The normalized spacial score (nSPS) is 10.6. The third-order valence-electron chi connectivity index (χ3n) is 3.00. The fraction of sp³-hybridized carbons (Fsp3) is 0.111. The Hall–Kier alpha value is -2.24. The van der Waals surface area contributed by atoms with Gasteiger partial charge in [0.25, 0.3) is 5.91 Å². The van der Waals surface area contributed by atoms with Crippen LogP contribution in [0.5, 0.6) is 0 Å². The van der Waals surface area contributed by atoms with Crippen LogP contribution in [0.4, 0.5) is 5.69 Å². The number of hydrogen-bond acceptors (Lipinski definition) is 4. The fourth-order valence-electron chi connectivity index (χ4n) is 1.79.